The van der Waals surface area contributed by atoms with Crippen molar-refractivity contribution in [2.45, 2.75) is 13.5 Å². The van der Waals surface area contributed by atoms with Crippen LogP contribution in [0.3, 0.4) is 0 Å². The van der Waals surface area contributed by atoms with E-state index in [1.165, 1.54) is 0 Å². The maximum absolute atomic E-state index is 12.4. The number of methoxy groups -OCH3 is 1. The Labute approximate surface area is 220 Å². The van der Waals surface area contributed by atoms with Crippen LogP contribution in [0.4, 0.5) is 0 Å². The topological polar surface area (TPSA) is 66.5 Å². The number of ether oxygens (including phenoxy) is 2. The van der Waals surface area contributed by atoms with Gasteiger partial charge < -0.3 is 13.9 Å². The van der Waals surface area contributed by atoms with Crippen LogP contribution in [0.1, 0.15) is 6.92 Å². The maximum Gasteiger partial charge on any atom is 0.327 e. The van der Waals surface area contributed by atoms with Crippen LogP contribution in [-0.2, 0) is 16.1 Å². The summed E-state index contributed by atoms with van der Waals surface area (Å²) < 4.78 is 18.4. The molecule has 0 fully saturated rings. The maximum atomic E-state index is 12.4. The standard InChI is InChI=1S/C32H26N2O4/c1-3-37-31(35)20-34-29(19-28(33-34)22-15-17-24(36-2)18-16-22)23-13-11-21(12-14-23)25-8-6-9-27-26-7-4-5-10-30(26)38-32(25)27/h4-19H,3,20H2,1-2H3. The number of rotatable bonds is 7. The molecular weight excluding hydrogens is 476 g/mol. The minimum Gasteiger partial charge on any atom is -0.497 e. The highest BCUT2D eigenvalue weighted by Crippen LogP contribution is 2.36. The van der Waals surface area contributed by atoms with Crippen LogP contribution in [0, 0.1) is 0 Å². The number of fused-ring (bicyclic) bond motifs is 3. The molecule has 0 unspecified atom stereocenters. The lowest BCUT2D eigenvalue weighted by Gasteiger charge is -2.08. The molecule has 6 rings (SSSR count). The number of hydrogen-bond donors (Lipinski definition) is 0. The Morgan fingerprint density at radius 2 is 1.55 bits per heavy atom. The molecule has 2 heterocycles. The van der Waals surface area contributed by atoms with Crippen LogP contribution in [0.5, 0.6) is 5.75 Å². The smallest absolute Gasteiger partial charge is 0.327 e. The summed E-state index contributed by atoms with van der Waals surface area (Å²) in [4.78, 5) is 12.4. The Bertz CT molecular complexity index is 1750. The SMILES string of the molecule is CCOC(=O)Cn1nc(-c2ccc(OC)cc2)cc1-c1ccc(-c2cccc3c2oc2ccccc23)cc1. The third-order valence-electron chi connectivity index (χ3n) is 6.65. The third-order valence-corrected chi connectivity index (χ3v) is 6.65. The third kappa shape index (κ3) is 4.30. The fourth-order valence-electron chi connectivity index (χ4n) is 4.80. The predicted octanol–water partition coefficient (Wildman–Crippen LogP) is 7.36. The van der Waals surface area contributed by atoms with Crippen LogP contribution in [0.2, 0.25) is 0 Å². The van der Waals surface area contributed by atoms with E-state index in [0.29, 0.717) is 6.61 Å². The zero-order valence-electron chi connectivity index (χ0n) is 21.2. The van der Waals surface area contributed by atoms with Crippen molar-refractivity contribution in [3.8, 4) is 39.4 Å². The molecule has 0 aliphatic heterocycles. The Hall–Kier alpha value is -4.84. The number of carbonyl (C=O) groups excluding carboxylic acids is 1. The molecule has 0 atom stereocenters. The first-order chi connectivity index (χ1) is 18.6. The number of furan rings is 1. The number of esters is 1. The van der Waals surface area contributed by atoms with Gasteiger partial charge in [0.25, 0.3) is 0 Å². The normalized spacial score (nSPS) is 11.2. The number of benzene rings is 4. The largest absolute Gasteiger partial charge is 0.497 e. The number of nitrogens with zero attached hydrogens (tertiary/aromatic N) is 2. The molecule has 0 N–H and O–H groups in total. The highest BCUT2D eigenvalue weighted by molar-refractivity contribution is 6.09. The van der Waals surface area contributed by atoms with E-state index in [1.54, 1.807) is 18.7 Å². The second-order valence-electron chi connectivity index (χ2n) is 8.96. The van der Waals surface area contributed by atoms with Gasteiger partial charge >= 0.3 is 5.97 Å². The van der Waals surface area contributed by atoms with Gasteiger partial charge in [-0.05, 0) is 54.4 Å². The van der Waals surface area contributed by atoms with Crippen molar-refractivity contribution in [1.82, 2.24) is 9.78 Å². The van der Waals surface area contributed by atoms with Crippen molar-refractivity contribution in [3.05, 3.63) is 97.1 Å². The van der Waals surface area contributed by atoms with Gasteiger partial charge in [-0.25, -0.2) is 0 Å². The molecule has 0 bridgehead atoms. The number of hydrogen-bond acceptors (Lipinski definition) is 5. The molecule has 4 aromatic carbocycles. The van der Waals surface area contributed by atoms with Gasteiger partial charge in [0.2, 0.25) is 0 Å². The summed E-state index contributed by atoms with van der Waals surface area (Å²) in [5, 5.41) is 6.94. The van der Waals surface area contributed by atoms with Crippen molar-refractivity contribution in [2.24, 2.45) is 0 Å². The summed E-state index contributed by atoms with van der Waals surface area (Å²) in [6, 6.07) is 32.3. The van der Waals surface area contributed by atoms with Crippen LogP contribution < -0.4 is 4.74 Å². The highest BCUT2D eigenvalue weighted by atomic mass is 16.5. The van der Waals surface area contributed by atoms with Crippen LogP contribution >= 0.6 is 0 Å². The molecule has 6 nitrogen and oxygen atoms in total. The summed E-state index contributed by atoms with van der Waals surface area (Å²) in [5.74, 6) is 0.446. The van der Waals surface area contributed by atoms with E-state index in [4.69, 9.17) is 19.0 Å². The molecule has 6 aromatic rings. The molecule has 6 heteroatoms. The van der Waals surface area contributed by atoms with Crippen molar-refractivity contribution in [3.63, 3.8) is 0 Å². The zero-order valence-corrected chi connectivity index (χ0v) is 21.2. The molecule has 0 aliphatic carbocycles. The second-order valence-corrected chi connectivity index (χ2v) is 8.96. The molecule has 0 amide bonds. The number of para-hydroxylation sites is 2. The molecule has 0 spiro atoms. The van der Waals surface area contributed by atoms with E-state index in [-0.39, 0.29) is 12.5 Å². The first-order valence-electron chi connectivity index (χ1n) is 12.5. The van der Waals surface area contributed by atoms with Gasteiger partial charge in [0.15, 0.2) is 0 Å². The molecule has 2 aromatic heterocycles. The fourth-order valence-corrected chi connectivity index (χ4v) is 4.80. The van der Waals surface area contributed by atoms with E-state index in [2.05, 4.69) is 36.4 Å². The van der Waals surface area contributed by atoms with Crippen molar-refractivity contribution in [1.29, 1.82) is 0 Å². The Morgan fingerprint density at radius 3 is 2.32 bits per heavy atom. The van der Waals surface area contributed by atoms with E-state index >= 15 is 0 Å². The van der Waals surface area contributed by atoms with E-state index in [0.717, 1.165) is 61.3 Å². The minimum atomic E-state index is -0.327. The van der Waals surface area contributed by atoms with E-state index in [9.17, 15) is 4.79 Å². The molecule has 0 saturated heterocycles. The van der Waals surface area contributed by atoms with Crippen LogP contribution in [0.15, 0.2) is 101 Å². The lowest BCUT2D eigenvalue weighted by Crippen LogP contribution is -2.15. The van der Waals surface area contributed by atoms with Gasteiger partial charge in [-0.3, -0.25) is 9.48 Å². The first-order valence-corrected chi connectivity index (χ1v) is 12.5. The first kappa shape index (κ1) is 23.6. The average molecular weight is 503 g/mol. The van der Waals surface area contributed by atoms with Crippen molar-refractivity contribution in [2.75, 3.05) is 13.7 Å². The minimum absolute atomic E-state index is 0.0272. The molecule has 0 aliphatic rings. The summed E-state index contributed by atoms with van der Waals surface area (Å²) in [6.07, 6.45) is 0. The van der Waals surface area contributed by atoms with Crippen molar-refractivity contribution >= 4 is 27.9 Å². The molecule has 0 radical (unpaired) electrons. The highest BCUT2D eigenvalue weighted by Gasteiger charge is 2.16. The Kier molecular flexibility index (Phi) is 6.14. The van der Waals surface area contributed by atoms with Gasteiger partial charge in [-0.15, -0.1) is 0 Å². The number of aromatic nitrogens is 2. The van der Waals surface area contributed by atoms with Crippen molar-refractivity contribution < 1.29 is 18.7 Å². The van der Waals surface area contributed by atoms with Gasteiger partial charge in [-0.2, -0.15) is 5.10 Å². The summed E-state index contributed by atoms with van der Waals surface area (Å²) in [5.41, 5.74) is 7.30. The second kappa shape index (κ2) is 9.90. The van der Waals surface area contributed by atoms with Gasteiger partial charge in [-0.1, -0.05) is 60.7 Å². The predicted molar refractivity (Wildman–Crippen MR) is 149 cm³/mol. The van der Waals surface area contributed by atoms with Crippen LogP contribution in [-0.4, -0.2) is 29.5 Å². The molecular formula is C32H26N2O4. The molecule has 188 valence electrons. The molecule has 38 heavy (non-hydrogen) atoms. The summed E-state index contributed by atoms with van der Waals surface area (Å²) >= 11 is 0. The zero-order chi connectivity index (χ0) is 26.1. The van der Waals surface area contributed by atoms with Gasteiger partial charge in [0.1, 0.15) is 23.5 Å². The monoisotopic (exact) mass is 502 g/mol. The average Bonchev–Trinajstić information content (AvgIpc) is 3.55. The van der Waals surface area contributed by atoms with Gasteiger partial charge in [0, 0.05) is 21.9 Å². The van der Waals surface area contributed by atoms with Crippen LogP contribution in [0.25, 0.3) is 55.6 Å². The van der Waals surface area contributed by atoms with Gasteiger partial charge in [0.05, 0.1) is 25.1 Å². The number of carbonyl (C=O) groups is 1. The summed E-state index contributed by atoms with van der Waals surface area (Å²) in [6.45, 7) is 2.15. The van der Waals surface area contributed by atoms with E-state index < -0.39 is 0 Å². The lowest BCUT2D eigenvalue weighted by atomic mass is 10.00. The van der Waals surface area contributed by atoms with E-state index in [1.807, 2.05) is 60.7 Å². The Balaban J connectivity index is 1.39. The Morgan fingerprint density at radius 1 is 0.842 bits per heavy atom. The lowest BCUT2D eigenvalue weighted by molar-refractivity contribution is -0.144. The molecule has 0 saturated carbocycles. The quantitative estimate of drug-likeness (QED) is 0.213. The fraction of sp³-hybridized carbons (Fsp3) is 0.125. The summed E-state index contributed by atoms with van der Waals surface area (Å²) in [7, 11) is 1.64.